The van der Waals surface area contributed by atoms with Gasteiger partial charge in [0.2, 0.25) is 0 Å². The van der Waals surface area contributed by atoms with Gasteiger partial charge in [0.05, 0.1) is 12.8 Å². The standard InChI is InChI=1S/C21H32O7/c22-18(26-15-7-1-2-8-15)13-21(25,20(24)28-17-11-5-6-12-17)14-19(23)27-16-9-3-4-10-16/h15-17,25H,1-14H2. The number of esters is 3. The molecule has 3 saturated carbocycles. The van der Waals surface area contributed by atoms with Crippen LogP contribution >= 0.6 is 0 Å². The lowest BCUT2D eigenvalue weighted by atomic mass is 9.95. The first-order valence-corrected chi connectivity index (χ1v) is 10.8. The van der Waals surface area contributed by atoms with Crippen LogP contribution in [0, 0.1) is 0 Å². The largest absolute Gasteiger partial charge is 0.462 e. The van der Waals surface area contributed by atoms with Crippen molar-refractivity contribution in [1.29, 1.82) is 0 Å². The van der Waals surface area contributed by atoms with E-state index >= 15 is 0 Å². The van der Waals surface area contributed by atoms with Gasteiger partial charge in [-0.2, -0.15) is 0 Å². The first-order valence-electron chi connectivity index (χ1n) is 10.8. The number of carbonyl (C=O) groups excluding carboxylic acids is 3. The first kappa shape index (κ1) is 21.1. The lowest BCUT2D eigenvalue weighted by Crippen LogP contribution is -2.46. The fraction of sp³-hybridized carbons (Fsp3) is 0.857. The van der Waals surface area contributed by atoms with Gasteiger partial charge in [0.1, 0.15) is 18.3 Å². The molecule has 0 aromatic heterocycles. The van der Waals surface area contributed by atoms with Gasteiger partial charge in [-0.15, -0.1) is 0 Å². The number of carbonyl (C=O) groups is 3. The Hall–Kier alpha value is -1.63. The van der Waals surface area contributed by atoms with Crippen LogP contribution in [0.15, 0.2) is 0 Å². The number of aliphatic hydroxyl groups is 1. The van der Waals surface area contributed by atoms with Gasteiger partial charge < -0.3 is 19.3 Å². The van der Waals surface area contributed by atoms with Crippen molar-refractivity contribution in [3.05, 3.63) is 0 Å². The number of hydrogen-bond acceptors (Lipinski definition) is 7. The molecule has 0 heterocycles. The maximum atomic E-state index is 12.7. The first-order chi connectivity index (χ1) is 13.4. The number of hydrogen-bond donors (Lipinski definition) is 1. The van der Waals surface area contributed by atoms with Crippen LogP contribution < -0.4 is 0 Å². The van der Waals surface area contributed by atoms with Crippen LogP contribution in [0.4, 0.5) is 0 Å². The van der Waals surface area contributed by atoms with Crippen molar-refractivity contribution in [2.24, 2.45) is 0 Å². The summed E-state index contributed by atoms with van der Waals surface area (Å²) in [6.45, 7) is 0. The van der Waals surface area contributed by atoms with Crippen molar-refractivity contribution < 1.29 is 33.7 Å². The molecule has 0 aromatic carbocycles. The molecule has 0 aliphatic heterocycles. The summed E-state index contributed by atoms with van der Waals surface area (Å²) in [4.78, 5) is 37.4. The molecule has 0 radical (unpaired) electrons. The molecule has 0 unspecified atom stereocenters. The van der Waals surface area contributed by atoms with Gasteiger partial charge in [0.15, 0.2) is 5.60 Å². The summed E-state index contributed by atoms with van der Waals surface area (Å²) in [6, 6.07) is 0. The molecule has 0 spiro atoms. The second-order valence-electron chi connectivity index (χ2n) is 8.49. The Bertz CT molecular complexity index is 523. The Labute approximate surface area is 166 Å². The lowest BCUT2D eigenvalue weighted by Gasteiger charge is -2.27. The summed E-state index contributed by atoms with van der Waals surface area (Å²) >= 11 is 0. The molecule has 3 aliphatic rings. The van der Waals surface area contributed by atoms with Crippen LogP contribution in [0.1, 0.15) is 89.9 Å². The quantitative estimate of drug-likeness (QED) is 0.497. The molecule has 0 amide bonds. The zero-order valence-corrected chi connectivity index (χ0v) is 16.5. The van der Waals surface area contributed by atoms with Crippen LogP contribution in [0.3, 0.4) is 0 Å². The van der Waals surface area contributed by atoms with E-state index < -0.39 is 36.4 Å². The van der Waals surface area contributed by atoms with Crippen molar-refractivity contribution >= 4 is 17.9 Å². The molecule has 3 fully saturated rings. The van der Waals surface area contributed by atoms with Crippen LogP contribution in [0.25, 0.3) is 0 Å². The van der Waals surface area contributed by atoms with Gasteiger partial charge in [-0.05, 0) is 77.0 Å². The minimum atomic E-state index is -2.24. The molecule has 28 heavy (non-hydrogen) atoms. The van der Waals surface area contributed by atoms with Crippen molar-refractivity contribution in [3.8, 4) is 0 Å². The second-order valence-corrected chi connectivity index (χ2v) is 8.49. The van der Waals surface area contributed by atoms with Crippen molar-refractivity contribution in [2.45, 2.75) is 114 Å². The van der Waals surface area contributed by atoms with Crippen LogP contribution in [0.5, 0.6) is 0 Å². The van der Waals surface area contributed by atoms with E-state index in [2.05, 4.69) is 0 Å². The monoisotopic (exact) mass is 396 g/mol. The van der Waals surface area contributed by atoms with E-state index in [9.17, 15) is 19.5 Å². The Morgan fingerprint density at radius 3 is 1.32 bits per heavy atom. The van der Waals surface area contributed by atoms with Gasteiger partial charge in [0.25, 0.3) is 0 Å². The molecule has 0 atom stereocenters. The molecule has 0 saturated heterocycles. The number of ether oxygens (including phenoxy) is 3. The highest BCUT2D eigenvalue weighted by Gasteiger charge is 2.45. The predicted molar refractivity (Wildman–Crippen MR) is 99.2 cm³/mol. The van der Waals surface area contributed by atoms with Gasteiger partial charge in [0, 0.05) is 0 Å². The van der Waals surface area contributed by atoms with Gasteiger partial charge in [-0.1, -0.05) is 0 Å². The average Bonchev–Trinajstić information content (AvgIpc) is 3.37. The molecule has 158 valence electrons. The van der Waals surface area contributed by atoms with E-state index in [1.807, 2.05) is 0 Å². The van der Waals surface area contributed by atoms with Crippen molar-refractivity contribution in [1.82, 2.24) is 0 Å². The highest BCUT2D eigenvalue weighted by molar-refractivity contribution is 5.90. The summed E-state index contributed by atoms with van der Waals surface area (Å²) < 4.78 is 16.2. The molecular formula is C21H32O7. The fourth-order valence-corrected chi connectivity index (χ4v) is 4.42. The third-order valence-corrected chi connectivity index (χ3v) is 6.03. The maximum Gasteiger partial charge on any atom is 0.339 e. The highest BCUT2D eigenvalue weighted by atomic mass is 16.6. The molecule has 0 bridgehead atoms. The molecule has 7 heteroatoms. The number of rotatable bonds is 8. The summed E-state index contributed by atoms with van der Waals surface area (Å²) in [5.74, 6) is -2.27. The molecule has 3 rings (SSSR count). The van der Waals surface area contributed by atoms with Gasteiger partial charge >= 0.3 is 17.9 Å². The van der Waals surface area contributed by atoms with Crippen LogP contribution in [-0.2, 0) is 28.6 Å². The third-order valence-electron chi connectivity index (χ3n) is 6.03. The van der Waals surface area contributed by atoms with E-state index in [4.69, 9.17) is 14.2 Å². The topological polar surface area (TPSA) is 99.1 Å². The zero-order chi connectivity index (χ0) is 20.0. The zero-order valence-electron chi connectivity index (χ0n) is 16.5. The fourth-order valence-electron chi connectivity index (χ4n) is 4.42. The van der Waals surface area contributed by atoms with E-state index in [1.165, 1.54) is 0 Å². The maximum absolute atomic E-state index is 12.7. The van der Waals surface area contributed by atoms with E-state index in [1.54, 1.807) is 0 Å². The summed E-state index contributed by atoms with van der Waals surface area (Å²) in [6.07, 6.45) is 8.77. The molecular weight excluding hydrogens is 364 g/mol. The normalized spacial score (nSPS) is 21.8. The van der Waals surface area contributed by atoms with Gasteiger partial charge in [-0.3, -0.25) is 9.59 Å². The third kappa shape index (κ3) is 5.93. The smallest absolute Gasteiger partial charge is 0.339 e. The van der Waals surface area contributed by atoms with Gasteiger partial charge in [-0.25, -0.2) is 4.79 Å². The Balaban J connectivity index is 1.61. The Morgan fingerprint density at radius 1 is 0.643 bits per heavy atom. The van der Waals surface area contributed by atoms with Crippen molar-refractivity contribution in [3.63, 3.8) is 0 Å². The molecule has 0 aromatic rings. The lowest BCUT2D eigenvalue weighted by molar-refractivity contribution is -0.183. The van der Waals surface area contributed by atoms with Crippen LogP contribution in [-0.4, -0.2) is 46.9 Å². The summed E-state index contributed by atoms with van der Waals surface area (Å²) in [5, 5.41) is 11.0. The highest BCUT2D eigenvalue weighted by Crippen LogP contribution is 2.29. The van der Waals surface area contributed by atoms with E-state index in [-0.39, 0.29) is 18.3 Å². The molecule has 1 N–H and O–H groups in total. The second kappa shape index (κ2) is 9.72. The average molecular weight is 396 g/mol. The van der Waals surface area contributed by atoms with E-state index in [0.29, 0.717) is 0 Å². The van der Waals surface area contributed by atoms with Crippen molar-refractivity contribution in [2.75, 3.05) is 0 Å². The minimum absolute atomic E-state index is 0.173. The SMILES string of the molecule is O=C(CC(O)(CC(=O)OC1CCCC1)C(=O)OC1CCCC1)OC1CCCC1. The summed E-state index contributed by atoms with van der Waals surface area (Å²) in [5.41, 5.74) is -2.24. The minimum Gasteiger partial charge on any atom is -0.462 e. The summed E-state index contributed by atoms with van der Waals surface area (Å²) in [7, 11) is 0. The predicted octanol–water partition coefficient (Wildman–Crippen LogP) is 2.96. The van der Waals surface area contributed by atoms with Crippen LogP contribution in [0.2, 0.25) is 0 Å². The Kier molecular flexibility index (Phi) is 7.32. The molecule has 3 aliphatic carbocycles. The Morgan fingerprint density at radius 2 is 0.964 bits per heavy atom. The molecule has 7 nitrogen and oxygen atoms in total. The van der Waals surface area contributed by atoms with E-state index in [0.717, 1.165) is 77.0 Å².